The third kappa shape index (κ3) is 9.11. The monoisotopic (exact) mass is 880 g/mol. The molecular weight excluding hydrogens is 853 g/mol. The Morgan fingerprint density at radius 1 is 0.458 bits per heavy atom. The Bertz CT molecular complexity index is 2820. The van der Waals surface area contributed by atoms with Crippen molar-refractivity contribution in [2.45, 2.75) is 25.0 Å². The Kier molecular flexibility index (Phi) is 11.9. The van der Waals surface area contributed by atoms with Gasteiger partial charge in [-0.1, -0.05) is 77.8 Å². The number of benzene rings is 6. The number of hydrogen-bond donors (Lipinski definition) is 6. The van der Waals surface area contributed by atoms with Crippen LogP contribution >= 0.6 is 12.0 Å². The van der Waals surface area contributed by atoms with Crippen molar-refractivity contribution in [1.29, 1.82) is 0 Å². The lowest BCUT2D eigenvalue weighted by Gasteiger charge is -2.37. The van der Waals surface area contributed by atoms with Gasteiger partial charge in [0.1, 0.15) is 11.5 Å². The molecule has 0 aromatic heterocycles. The SMILES string of the molecule is O=C(c1ccc(C(c2ccc(O)cc2)(c2ccc(O)cc2)c2ccc(C(=O)c3cc(S(=O)(=O)O)cc(S(=O)(=O)O)c3)cc2)cc1)c1cc(SOOO)cc(S(=O)(=O)O)c1. The summed E-state index contributed by atoms with van der Waals surface area (Å²) in [4.78, 5) is 24.9. The molecule has 59 heavy (non-hydrogen) atoms. The summed E-state index contributed by atoms with van der Waals surface area (Å²) in [6.45, 7) is 0. The summed E-state index contributed by atoms with van der Waals surface area (Å²) >= 11 is 0.357. The number of hydrogen-bond acceptors (Lipinski definition) is 14. The zero-order chi connectivity index (χ0) is 42.9. The Hall–Kier alpha value is -5.78. The van der Waals surface area contributed by atoms with Crippen LogP contribution in [0.3, 0.4) is 0 Å². The number of ketones is 2. The van der Waals surface area contributed by atoms with Crippen LogP contribution in [0.2, 0.25) is 0 Å². The van der Waals surface area contributed by atoms with Crippen LogP contribution in [0, 0.1) is 0 Å². The molecule has 0 aliphatic heterocycles. The lowest BCUT2D eigenvalue weighted by molar-refractivity contribution is -0.432. The predicted octanol–water partition coefficient (Wildman–Crippen LogP) is 6.11. The molecule has 0 spiro atoms. The van der Waals surface area contributed by atoms with Gasteiger partial charge in [0, 0.05) is 27.1 Å². The summed E-state index contributed by atoms with van der Waals surface area (Å²) in [5, 5.41) is 32.6. The maximum Gasteiger partial charge on any atom is 0.294 e. The van der Waals surface area contributed by atoms with E-state index in [1.165, 1.54) is 54.6 Å². The lowest BCUT2D eigenvalue weighted by Crippen LogP contribution is -2.31. The number of rotatable bonds is 14. The van der Waals surface area contributed by atoms with Gasteiger partial charge in [0.2, 0.25) is 0 Å². The second-order valence-corrected chi connectivity index (χ2v) is 17.7. The molecule has 0 heterocycles. The first-order valence-electron chi connectivity index (χ1n) is 16.5. The first kappa shape index (κ1) is 42.8. The van der Waals surface area contributed by atoms with Crippen LogP contribution in [0.15, 0.2) is 153 Å². The quantitative estimate of drug-likeness (QED) is 0.0180. The molecule has 0 unspecified atom stereocenters. The van der Waals surface area contributed by atoms with Crippen molar-refractivity contribution in [3.8, 4) is 11.5 Å². The van der Waals surface area contributed by atoms with Gasteiger partial charge in [0.05, 0.1) is 32.1 Å². The molecule has 6 aromatic rings. The molecule has 0 saturated carbocycles. The van der Waals surface area contributed by atoms with Crippen LogP contribution < -0.4 is 0 Å². The van der Waals surface area contributed by atoms with Gasteiger partial charge in [-0.2, -0.15) is 25.3 Å². The van der Waals surface area contributed by atoms with E-state index in [-0.39, 0.29) is 33.1 Å². The Balaban J connectivity index is 1.51. The fourth-order valence-corrected chi connectivity index (χ4v) is 8.72. The summed E-state index contributed by atoms with van der Waals surface area (Å²) in [7, 11) is -14.8. The van der Waals surface area contributed by atoms with Gasteiger partial charge < -0.3 is 10.2 Å². The van der Waals surface area contributed by atoms with E-state index < -0.39 is 67.6 Å². The Morgan fingerprint density at radius 3 is 1.12 bits per heavy atom. The first-order chi connectivity index (χ1) is 27.7. The lowest BCUT2D eigenvalue weighted by atomic mass is 9.65. The standard InChI is InChI=1S/C39H28O16S4/c40-31-13-9-29(10-14-31)39(30-11-15-32(41)16-12-30,27-5-1-23(2-6-27)37(42)25-17-33(56-55-54-44)21-34(18-25)57(45,46)47)28-7-3-24(4-8-28)38(43)26-19-35(58(48,49)50)22-36(20-26)59(51,52)53/h1-22,40-41,44H,(H,45,46,47)(H,48,49,50)(H,51,52,53). The van der Waals surface area contributed by atoms with Crippen LogP contribution in [0.1, 0.15) is 54.1 Å². The number of phenolic OH excluding ortho intramolecular Hbond substituents is 2. The van der Waals surface area contributed by atoms with Crippen LogP contribution in [0.4, 0.5) is 0 Å². The normalized spacial score (nSPS) is 12.3. The average Bonchev–Trinajstić information content (AvgIpc) is 3.20. The van der Waals surface area contributed by atoms with Gasteiger partial charge in [-0.05, 0) is 82.9 Å². The van der Waals surface area contributed by atoms with E-state index >= 15 is 0 Å². The smallest absolute Gasteiger partial charge is 0.294 e. The maximum absolute atomic E-state index is 13.8. The third-order valence-electron chi connectivity index (χ3n) is 9.10. The minimum Gasteiger partial charge on any atom is -0.508 e. The van der Waals surface area contributed by atoms with E-state index in [0.29, 0.717) is 40.4 Å². The highest BCUT2D eigenvalue weighted by molar-refractivity contribution is 7.94. The van der Waals surface area contributed by atoms with Gasteiger partial charge in [-0.15, -0.1) is 4.33 Å². The van der Waals surface area contributed by atoms with Crippen molar-refractivity contribution in [2.24, 2.45) is 0 Å². The molecule has 0 aliphatic carbocycles. The molecule has 0 bridgehead atoms. The predicted molar refractivity (Wildman–Crippen MR) is 208 cm³/mol. The minimum absolute atomic E-state index is 0.0280. The van der Waals surface area contributed by atoms with E-state index in [4.69, 9.17) is 5.26 Å². The summed E-state index contributed by atoms with van der Waals surface area (Å²) in [6, 6.07) is 29.2. The van der Waals surface area contributed by atoms with E-state index in [2.05, 4.69) is 9.37 Å². The first-order valence-corrected chi connectivity index (χ1v) is 21.5. The Labute approximate surface area is 340 Å². The number of aromatic hydroxyl groups is 2. The molecule has 304 valence electrons. The molecule has 0 aliphatic rings. The summed E-state index contributed by atoms with van der Waals surface area (Å²) in [5.41, 5.74) is -0.0453. The van der Waals surface area contributed by atoms with Gasteiger partial charge in [0.25, 0.3) is 30.4 Å². The fourth-order valence-electron chi connectivity index (χ4n) is 6.45. The average molecular weight is 881 g/mol. The molecule has 6 aromatic carbocycles. The molecule has 6 N–H and O–H groups in total. The molecular formula is C39H28O16S4. The van der Waals surface area contributed by atoms with E-state index in [0.717, 1.165) is 24.3 Å². The minimum atomic E-state index is -5.02. The third-order valence-corrected chi connectivity index (χ3v) is 12.2. The molecule has 0 amide bonds. The summed E-state index contributed by atoms with van der Waals surface area (Å²) in [6.07, 6.45) is 0. The molecule has 0 atom stereocenters. The molecule has 6 rings (SSSR count). The van der Waals surface area contributed by atoms with Gasteiger partial charge >= 0.3 is 0 Å². The van der Waals surface area contributed by atoms with E-state index in [9.17, 15) is 58.7 Å². The second kappa shape index (κ2) is 16.5. The molecule has 20 heteroatoms. The van der Waals surface area contributed by atoms with Crippen LogP contribution in [0.5, 0.6) is 11.5 Å². The van der Waals surface area contributed by atoms with Crippen molar-refractivity contribution in [2.75, 3.05) is 0 Å². The second-order valence-electron chi connectivity index (χ2n) is 12.7. The zero-order valence-electron chi connectivity index (χ0n) is 29.6. The van der Waals surface area contributed by atoms with Crippen molar-refractivity contribution in [3.05, 3.63) is 178 Å². The van der Waals surface area contributed by atoms with Crippen molar-refractivity contribution >= 4 is 54.0 Å². The summed E-state index contributed by atoms with van der Waals surface area (Å²) < 4.78 is 105. The maximum atomic E-state index is 13.8. The molecule has 0 radical (unpaired) electrons. The highest BCUT2D eigenvalue weighted by Crippen LogP contribution is 2.46. The highest BCUT2D eigenvalue weighted by atomic mass is 32.2. The van der Waals surface area contributed by atoms with Crippen LogP contribution in [-0.4, -0.2) is 65.9 Å². The summed E-state index contributed by atoms with van der Waals surface area (Å²) in [5.74, 6) is -1.73. The van der Waals surface area contributed by atoms with E-state index in [1.807, 2.05) is 0 Å². The van der Waals surface area contributed by atoms with Gasteiger partial charge in [-0.3, -0.25) is 23.2 Å². The molecule has 16 nitrogen and oxygen atoms in total. The Morgan fingerprint density at radius 2 is 0.780 bits per heavy atom. The molecule has 0 fully saturated rings. The zero-order valence-corrected chi connectivity index (χ0v) is 32.9. The van der Waals surface area contributed by atoms with Gasteiger partial charge in [0.15, 0.2) is 11.6 Å². The van der Waals surface area contributed by atoms with Crippen molar-refractivity contribution < 1.29 is 73.3 Å². The highest BCUT2D eigenvalue weighted by Gasteiger charge is 2.39. The van der Waals surface area contributed by atoms with Crippen LogP contribution in [-0.2, 0) is 45.1 Å². The van der Waals surface area contributed by atoms with E-state index in [1.54, 1.807) is 48.5 Å². The topological polar surface area (TPSA) is 276 Å². The largest absolute Gasteiger partial charge is 0.508 e. The fraction of sp³-hybridized carbons (Fsp3) is 0.0256. The van der Waals surface area contributed by atoms with Crippen molar-refractivity contribution in [1.82, 2.24) is 0 Å². The number of phenols is 2. The number of carbonyl (C=O) groups is 2. The van der Waals surface area contributed by atoms with Crippen molar-refractivity contribution in [3.63, 3.8) is 0 Å². The number of carbonyl (C=O) groups excluding carboxylic acids is 2. The van der Waals surface area contributed by atoms with Gasteiger partial charge in [-0.25, -0.2) is 5.26 Å². The van der Waals surface area contributed by atoms with Crippen LogP contribution in [0.25, 0.3) is 0 Å². The molecule has 0 saturated heterocycles.